The van der Waals surface area contributed by atoms with Crippen molar-refractivity contribution in [1.29, 1.82) is 0 Å². The average molecular weight is 232 g/mol. The Morgan fingerprint density at radius 1 is 1.41 bits per heavy atom. The Morgan fingerprint density at radius 3 is 2.94 bits per heavy atom. The minimum absolute atomic E-state index is 0.117. The van der Waals surface area contributed by atoms with Crippen LogP contribution in [0.1, 0.15) is 31.7 Å². The number of piperidine rings is 1. The van der Waals surface area contributed by atoms with E-state index in [0.29, 0.717) is 17.7 Å². The molecule has 0 amide bonds. The summed E-state index contributed by atoms with van der Waals surface area (Å²) in [6, 6.07) is 6.25. The van der Waals surface area contributed by atoms with Crippen molar-refractivity contribution in [3.05, 3.63) is 23.8 Å². The smallest absolute Gasteiger partial charge is 0.116 e. The van der Waals surface area contributed by atoms with E-state index in [1.807, 2.05) is 12.1 Å². The zero-order chi connectivity index (χ0) is 12.2. The number of hydrogen-bond donors (Lipinski definition) is 2. The zero-order valence-electron chi connectivity index (χ0n) is 10.7. The minimum Gasteiger partial charge on any atom is -0.508 e. The molecule has 0 saturated carbocycles. The predicted octanol–water partition coefficient (Wildman–Crippen LogP) is 2.07. The van der Waals surface area contributed by atoms with E-state index in [-0.39, 0.29) is 5.54 Å². The lowest BCUT2D eigenvalue weighted by atomic mass is 9.78. The maximum Gasteiger partial charge on any atom is 0.116 e. The maximum atomic E-state index is 9.67. The first kappa shape index (κ1) is 10.9. The highest BCUT2D eigenvalue weighted by atomic mass is 16.3. The number of nitrogens with one attached hydrogen (secondary N) is 1. The van der Waals surface area contributed by atoms with Crippen molar-refractivity contribution in [3.63, 3.8) is 0 Å². The Labute approximate surface area is 102 Å². The van der Waals surface area contributed by atoms with E-state index in [1.54, 1.807) is 6.07 Å². The van der Waals surface area contributed by atoms with E-state index in [0.717, 1.165) is 13.0 Å². The van der Waals surface area contributed by atoms with Gasteiger partial charge in [0.1, 0.15) is 5.75 Å². The van der Waals surface area contributed by atoms with Gasteiger partial charge in [0.25, 0.3) is 0 Å². The molecule has 0 spiro atoms. The van der Waals surface area contributed by atoms with Crippen molar-refractivity contribution in [2.75, 3.05) is 18.5 Å². The second-order valence-corrected chi connectivity index (χ2v) is 5.84. The van der Waals surface area contributed by atoms with Gasteiger partial charge in [-0.15, -0.1) is 0 Å². The molecule has 1 fully saturated rings. The second-order valence-electron chi connectivity index (χ2n) is 5.84. The van der Waals surface area contributed by atoms with Crippen molar-refractivity contribution >= 4 is 5.69 Å². The molecule has 0 radical (unpaired) electrons. The first-order valence-electron chi connectivity index (χ1n) is 6.31. The van der Waals surface area contributed by atoms with Crippen molar-refractivity contribution in [3.8, 4) is 5.75 Å². The molecule has 1 saturated heterocycles. The van der Waals surface area contributed by atoms with E-state index in [1.165, 1.54) is 11.3 Å². The molecular formula is C14H20N2O. The van der Waals surface area contributed by atoms with Crippen LogP contribution in [0.5, 0.6) is 5.75 Å². The van der Waals surface area contributed by atoms with Crippen LogP contribution in [0, 0.1) is 0 Å². The van der Waals surface area contributed by atoms with Gasteiger partial charge in [-0.3, -0.25) is 0 Å². The van der Waals surface area contributed by atoms with Gasteiger partial charge in [-0.1, -0.05) is 0 Å². The normalized spacial score (nSPS) is 29.9. The van der Waals surface area contributed by atoms with Crippen LogP contribution < -0.4 is 10.2 Å². The highest BCUT2D eigenvalue weighted by Crippen LogP contribution is 2.48. The number of benzene rings is 1. The Morgan fingerprint density at radius 2 is 2.18 bits per heavy atom. The van der Waals surface area contributed by atoms with Gasteiger partial charge >= 0.3 is 0 Å². The monoisotopic (exact) mass is 232 g/mol. The maximum absolute atomic E-state index is 9.67. The molecular weight excluding hydrogens is 212 g/mol. The van der Waals surface area contributed by atoms with Gasteiger partial charge in [0, 0.05) is 24.2 Å². The summed E-state index contributed by atoms with van der Waals surface area (Å²) in [5, 5.41) is 13.3. The SMILES string of the molecule is CN1c2ccc(O)cc2C2CCNC(C)(C)C21. The lowest BCUT2D eigenvalue weighted by Gasteiger charge is -2.45. The molecule has 2 atom stereocenters. The second kappa shape index (κ2) is 3.39. The van der Waals surface area contributed by atoms with Gasteiger partial charge in [0.05, 0.1) is 6.04 Å². The molecule has 1 aromatic carbocycles. The first-order valence-corrected chi connectivity index (χ1v) is 6.31. The van der Waals surface area contributed by atoms with Crippen molar-refractivity contribution < 1.29 is 5.11 Å². The van der Waals surface area contributed by atoms with Crippen molar-refractivity contribution in [2.24, 2.45) is 0 Å². The fraction of sp³-hybridized carbons (Fsp3) is 0.571. The molecule has 0 aromatic heterocycles. The summed E-state index contributed by atoms with van der Waals surface area (Å²) in [5.41, 5.74) is 2.70. The van der Waals surface area contributed by atoms with Crippen LogP contribution in [-0.4, -0.2) is 30.3 Å². The van der Waals surface area contributed by atoms with Gasteiger partial charge in [0.2, 0.25) is 0 Å². The van der Waals surface area contributed by atoms with Crippen LogP contribution in [0.15, 0.2) is 18.2 Å². The molecule has 3 nitrogen and oxygen atoms in total. The van der Waals surface area contributed by atoms with Gasteiger partial charge in [-0.2, -0.15) is 0 Å². The summed E-state index contributed by atoms with van der Waals surface area (Å²) in [5.74, 6) is 0.924. The molecule has 0 aliphatic carbocycles. The van der Waals surface area contributed by atoms with E-state index in [9.17, 15) is 5.11 Å². The van der Waals surface area contributed by atoms with Crippen LogP contribution in [0.25, 0.3) is 0 Å². The number of phenols is 1. The standard InChI is InChI=1S/C14H20N2O/c1-14(2)13-10(6-7-15-14)11-8-9(17)4-5-12(11)16(13)3/h4-5,8,10,13,15,17H,6-7H2,1-3H3. The fourth-order valence-corrected chi connectivity index (χ4v) is 3.70. The van der Waals surface area contributed by atoms with Crippen LogP contribution >= 0.6 is 0 Å². The zero-order valence-corrected chi connectivity index (χ0v) is 10.7. The Bertz CT molecular complexity index is 456. The number of fused-ring (bicyclic) bond motifs is 3. The predicted molar refractivity (Wildman–Crippen MR) is 69.7 cm³/mol. The van der Waals surface area contributed by atoms with Gasteiger partial charge in [-0.05, 0) is 50.6 Å². The van der Waals surface area contributed by atoms with E-state index in [4.69, 9.17) is 0 Å². The summed E-state index contributed by atoms with van der Waals surface area (Å²) < 4.78 is 0. The Hall–Kier alpha value is -1.22. The number of hydrogen-bond acceptors (Lipinski definition) is 3. The van der Waals surface area contributed by atoms with Crippen LogP contribution in [-0.2, 0) is 0 Å². The average Bonchev–Trinajstić information content (AvgIpc) is 2.53. The molecule has 0 bridgehead atoms. The highest BCUT2D eigenvalue weighted by molar-refractivity contribution is 5.64. The Balaban J connectivity index is 2.10. The summed E-state index contributed by atoms with van der Waals surface area (Å²) in [7, 11) is 2.16. The lowest BCUT2D eigenvalue weighted by Crippen LogP contribution is -2.60. The van der Waals surface area contributed by atoms with Crippen molar-refractivity contribution in [2.45, 2.75) is 37.8 Å². The van der Waals surface area contributed by atoms with Gasteiger partial charge < -0.3 is 15.3 Å². The number of rotatable bonds is 0. The third-order valence-electron chi connectivity index (χ3n) is 4.36. The molecule has 1 aromatic rings. The highest BCUT2D eigenvalue weighted by Gasteiger charge is 2.47. The largest absolute Gasteiger partial charge is 0.508 e. The molecule has 17 heavy (non-hydrogen) atoms. The fourth-order valence-electron chi connectivity index (χ4n) is 3.70. The van der Waals surface area contributed by atoms with E-state index in [2.05, 4.69) is 31.1 Å². The van der Waals surface area contributed by atoms with Gasteiger partial charge in [-0.25, -0.2) is 0 Å². The van der Waals surface area contributed by atoms with Crippen LogP contribution in [0.4, 0.5) is 5.69 Å². The Kier molecular flexibility index (Phi) is 2.17. The topological polar surface area (TPSA) is 35.5 Å². The first-order chi connectivity index (χ1) is 8.00. The third kappa shape index (κ3) is 1.45. The summed E-state index contributed by atoms with van der Waals surface area (Å²) >= 11 is 0. The quantitative estimate of drug-likeness (QED) is 0.719. The van der Waals surface area contributed by atoms with Crippen LogP contribution in [0.2, 0.25) is 0 Å². The van der Waals surface area contributed by atoms with Crippen molar-refractivity contribution in [1.82, 2.24) is 5.32 Å². The molecule has 2 aliphatic rings. The van der Waals surface area contributed by atoms with E-state index >= 15 is 0 Å². The number of phenolic OH excluding ortho intramolecular Hbond substituents is 1. The minimum atomic E-state index is 0.117. The number of nitrogens with zero attached hydrogens (tertiary/aromatic N) is 1. The molecule has 2 heterocycles. The number of anilines is 1. The molecule has 2 unspecified atom stereocenters. The molecule has 2 N–H and O–H groups in total. The van der Waals surface area contributed by atoms with Crippen LogP contribution in [0.3, 0.4) is 0 Å². The lowest BCUT2D eigenvalue weighted by molar-refractivity contribution is 0.237. The summed E-state index contributed by atoms with van der Waals surface area (Å²) in [6.07, 6.45) is 1.15. The summed E-state index contributed by atoms with van der Waals surface area (Å²) in [6.45, 7) is 5.59. The van der Waals surface area contributed by atoms with E-state index < -0.39 is 0 Å². The number of aromatic hydroxyl groups is 1. The number of likely N-dealkylation sites (N-methyl/N-ethyl adjacent to an activating group) is 1. The molecule has 92 valence electrons. The van der Waals surface area contributed by atoms with Gasteiger partial charge in [0.15, 0.2) is 0 Å². The molecule has 3 rings (SSSR count). The molecule has 3 heteroatoms. The molecule has 2 aliphatic heterocycles. The summed E-state index contributed by atoms with van der Waals surface area (Å²) in [4.78, 5) is 2.37. The third-order valence-corrected chi connectivity index (χ3v) is 4.36.